The van der Waals surface area contributed by atoms with Crippen LogP contribution in [0.4, 0.5) is 0 Å². The number of carbonyl (C=O) groups excluding carboxylic acids is 1. The molecule has 1 aliphatic carbocycles. The van der Waals surface area contributed by atoms with Crippen molar-refractivity contribution >= 4 is 56.1 Å². The maximum absolute atomic E-state index is 12.4. The Kier molecular flexibility index (Phi) is 4.89. The summed E-state index contributed by atoms with van der Waals surface area (Å²) in [6.45, 7) is 0. The van der Waals surface area contributed by atoms with E-state index in [0.29, 0.717) is 11.8 Å². The third-order valence-corrected chi connectivity index (χ3v) is 7.46. The second-order valence-electron chi connectivity index (χ2n) is 5.57. The van der Waals surface area contributed by atoms with E-state index in [2.05, 4.69) is 48.2 Å². The first-order chi connectivity index (χ1) is 11.7. The fourth-order valence-corrected chi connectivity index (χ4v) is 5.71. The number of thiophene rings is 2. The van der Waals surface area contributed by atoms with Crippen LogP contribution >= 0.6 is 50.4 Å². The zero-order valence-corrected chi connectivity index (χ0v) is 16.7. The molecule has 0 spiro atoms. The molecule has 124 valence electrons. The van der Waals surface area contributed by atoms with Gasteiger partial charge in [-0.3, -0.25) is 4.79 Å². The highest BCUT2D eigenvalue weighted by atomic mass is 79.9. The van der Waals surface area contributed by atoms with E-state index in [4.69, 9.17) is 0 Å². The summed E-state index contributed by atoms with van der Waals surface area (Å²) >= 11 is 8.13. The van der Waals surface area contributed by atoms with Gasteiger partial charge in [-0.25, -0.2) is 0 Å². The van der Waals surface area contributed by atoms with Crippen LogP contribution in [0.15, 0.2) is 38.6 Å². The Balaban J connectivity index is 1.50. The van der Waals surface area contributed by atoms with Crippen LogP contribution in [0.25, 0.3) is 0 Å². The van der Waals surface area contributed by atoms with E-state index < -0.39 is 0 Å². The Morgan fingerprint density at radius 3 is 2.83 bits per heavy atom. The van der Waals surface area contributed by atoms with Crippen LogP contribution in [-0.2, 0) is 6.42 Å². The van der Waals surface area contributed by atoms with Crippen molar-refractivity contribution in [2.45, 2.75) is 30.5 Å². The summed E-state index contributed by atoms with van der Waals surface area (Å²) in [6, 6.07) is 6.60. The van der Waals surface area contributed by atoms with Gasteiger partial charge in [-0.05, 0) is 51.7 Å². The van der Waals surface area contributed by atoms with Crippen molar-refractivity contribution < 1.29 is 4.79 Å². The van der Waals surface area contributed by atoms with Crippen LogP contribution in [0.5, 0.6) is 0 Å². The van der Waals surface area contributed by atoms with E-state index in [0.717, 1.165) is 26.8 Å². The summed E-state index contributed by atoms with van der Waals surface area (Å²) in [4.78, 5) is 14.4. The minimum atomic E-state index is 0.132. The maximum atomic E-state index is 12.4. The second kappa shape index (κ2) is 7.11. The van der Waals surface area contributed by atoms with Crippen molar-refractivity contribution in [2.24, 2.45) is 0 Å². The molecule has 0 saturated heterocycles. The van der Waals surface area contributed by atoms with Crippen LogP contribution in [-0.4, -0.2) is 26.3 Å². The molecule has 0 amide bonds. The van der Waals surface area contributed by atoms with Gasteiger partial charge in [0.05, 0.1) is 10.6 Å². The van der Waals surface area contributed by atoms with Gasteiger partial charge in [0, 0.05) is 21.8 Å². The van der Waals surface area contributed by atoms with Crippen LogP contribution in [0, 0.1) is 0 Å². The molecule has 0 aromatic carbocycles. The summed E-state index contributed by atoms with van der Waals surface area (Å²) in [7, 11) is 0. The summed E-state index contributed by atoms with van der Waals surface area (Å²) in [5, 5.41) is 13.6. The third kappa shape index (κ3) is 3.51. The molecule has 4 rings (SSSR count). The van der Waals surface area contributed by atoms with E-state index >= 15 is 0 Å². The fraction of sp³-hybridized carbons (Fsp3) is 0.312. The lowest BCUT2D eigenvalue weighted by atomic mass is 10.3. The van der Waals surface area contributed by atoms with Gasteiger partial charge >= 0.3 is 0 Å². The van der Waals surface area contributed by atoms with Crippen LogP contribution in [0.1, 0.15) is 39.3 Å². The molecule has 4 nitrogen and oxygen atoms in total. The molecular formula is C16H14BrN3OS3. The summed E-state index contributed by atoms with van der Waals surface area (Å²) in [6.07, 6.45) is 3.16. The Hall–Kier alpha value is -0.960. The normalized spacial score (nSPS) is 14.2. The average molecular weight is 440 g/mol. The van der Waals surface area contributed by atoms with Gasteiger partial charge in [0.1, 0.15) is 5.82 Å². The topological polar surface area (TPSA) is 47.8 Å². The minimum Gasteiger partial charge on any atom is -0.303 e. The molecule has 0 aliphatic heterocycles. The molecule has 3 heterocycles. The molecular weight excluding hydrogens is 426 g/mol. The first kappa shape index (κ1) is 16.5. The summed E-state index contributed by atoms with van der Waals surface area (Å²) in [5.74, 6) is 1.53. The van der Waals surface area contributed by atoms with Gasteiger partial charge in [0.25, 0.3) is 0 Å². The Morgan fingerprint density at radius 2 is 2.17 bits per heavy atom. The van der Waals surface area contributed by atoms with Gasteiger partial charge in [-0.1, -0.05) is 17.8 Å². The van der Waals surface area contributed by atoms with Crippen molar-refractivity contribution in [2.75, 3.05) is 5.75 Å². The molecule has 0 N–H and O–H groups in total. The number of rotatable bonds is 7. The Bertz CT molecular complexity index is 852. The molecule has 24 heavy (non-hydrogen) atoms. The summed E-state index contributed by atoms with van der Waals surface area (Å²) < 4.78 is 3.11. The minimum absolute atomic E-state index is 0.132. The largest absolute Gasteiger partial charge is 0.303 e. The van der Waals surface area contributed by atoms with Crippen molar-refractivity contribution in [1.29, 1.82) is 0 Å². The smallest absolute Gasteiger partial charge is 0.191 e. The third-order valence-electron chi connectivity index (χ3n) is 3.76. The molecule has 3 aromatic heterocycles. The number of Topliss-reactive ketones (excluding diaryl/α,β-unsaturated/α-hetero) is 1. The van der Waals surface area contributed by atoms with Crippen molar-refractivity contribution in [3.8, 4) is 0 Å². The average Bonchev–Trinajstić information content (AvgIpc) is 2.98. The molecule has 1 saturated carbocycles. The van der Waals surface area contributed by atoms with Crippen molar-refractivity contribution in [3.05, 3.63) is 49.0 Å². The van der Waals surface area contributed by atoms with Gasteiger partial charge in [-0.2, -0.15) is 0 Å². The first-order valence-corrected chi connectivity index (χ1v) is 11.1. The number of thioether (sulfide) groups is 1. The molecule has 0 atom stereocenters. The SMILES string of the molecule is O=C(CSc1nnc(Cc2cccs2)n1C1CC1)c1sccc1Br. The lowest BCUT2D eigenvalue weighted by molar-refractivity contribution is 0.102. The lowest BCUT2D eigenvalue weighted by Crippen LogP contribution is -2.06. The number of carbonyl (C=O) groups is 1. The van der Waals surface area contributed by atoms with E-state index in [9.17, 15) is 4.79 Å². The molecule has 1 fully saturated rings. The zero-order valence-electron chi connectivity index (χ0n) is 12.6. The Labute approximate surface area is 160 Å². The molecule has 0 bridgehead atoms. The highest BCUT2D eigenvalue weighted by Gasteiger charge is 2.30. The van der Waals surface area contributed by atoms with Crippen molar-refractivity contribution in [3.63, 3.8) is 0 Å². The van der Waals surface area contributed by atoms with Gasteiger partial charge in [-0.15, -0.1) is 32.9 Å². The zero-order chi connectivity index (χ0) is 16.5. The van der Waals surface area contributed by atoms with E-state index in [-0.39, 0.29) is 5.78 Å². The van der Waals surface area contributed by atoms with E-state index in [1.165, 1.54) is 40.8 Å². The summed E-state index contributed by atoms with van der Waals surface area (Å²) in [5.41, 5.74) is 0. The molecule has 0 radical (unpaired) electrons. The van der Waals surface area contributed by atoms with Gasteiger partial charge in [0.2, 0.25) is 0 Å². The quantitative estimate of drug-likeness (QED) is 0.381. The molecule has 3 aromatic rings. The fourth-order valence-electron chi connectivity index (χ4n) is 2.48. The van der Waals surface area contributed by atoms with E-state index in [1.807, 2.05) is 11.4 Å². The van der Waals surface area contributed by atoms with Crippen LogP contribution in [0.3, 0.4) is 0 Å². The monoisotopic (exact) mass is 439 g/mol. The molecule has 0 unspecified atom stereocenters. The van der Waals surface area contributed by atoms with Crippen LogP contribution in [0.2, 0.25) is 0 Å². The lowest BCUT2D eigenvalue weighted by Gasteiger charge is -2.07. The number of hydrogen-bond donors (Lipinski definition) is 0. The molecule has 1 aliphatic rings. The van der Waals surface area contributed by atoms with Gasteiger partial charge < -0.3 is 4.57 Å². The number of hydrogen-bond acceptors (Lipinski definition) is 6. The number of halogens is 1. The predicted molar refractivity (Wildman–Crippen MR) is 102 cm³/mol. The second-order valence-corrected chi connectivity index (χ2v) is 9.31. The number of ketones is 1. The highest BCUT2D eigenvalue weighted by molar-refractivity contribution is 9.10. The van der Waals surface area contributed by atoms with E-state index in [1.54, 1.807) is 11.3 Å². The molecule has 8 heteroatoms. The Morgan fingerprint density at radius 1 is 1.29 bits per heavy atom. The standard InChI is InChI=1S/C16H14BrN3OS3/c17-12-5-7-23-15(12)13(21)9-24-16-19-18-14(20(16)10-3-4-10)8-11-2-1-6-22-11/h1-2,5-7,10H,3-4,8-9H2. The van der Waals surface area contributed by atoms with Crippen molar-refractivity contribution in [1.82, 2.24) is 14.8 Å². The first-order valence-electron chi connectivity index (χ1n) is 7.57. The highest BCUT2D eigenvalue weighted by Crippen LogP contribution is 2.39. The van der Waals surface area contributed by atoms with Crippen LogP contribution < -0.4 is 0 Å². The maximum Gasteiger partial charge on any atom is 0.191 e. The van der Waals surface area contributed by atoms with Gasteiger partial charge in [0.15, 0.2) is 10.9 Å². The predicted octanol–water partition coefficient (Wildman–Crippen LogP) is 5.06. The number of nitrogens with zero attached hydrogens (tertiary/aromatic N) is 3. The number of aromatic nitrogens is 3.